The van der Waals surface area contributed by atoms with Crippen LogP contribution in [0.5, 0.6) is 5.75 Å². The van der Waals surface area contributed by atoms with Gasteiger partial charge < -0.3 is 14.6 Å². The topological polar surface area (TPSA) is 90.7 Å². The number of carbonyl (C=O) groups is 2. The summed E-state index contributed by atoms with van der Waals surface area (Å²) in [4.78, 5) is 25.3. The number of halogens is 5. The number of hydrogen-bond acceptors (Lipinski definition) is 5. The van der Waals surface area contributed by atoms with Gasteiger partial charge in [-0.25, -0.2) is 4.79 Å². The van der Waals surface area contributed by atoms with Crippen LogP contribution in [0.25, 0.3) is 22.2 Å². The van der Waals surface area contributed by atoms with E-state index in [9.17, 15) is 27.9 Å². The van der Waals surface area contributed by atoms with Crippen LogP contribution in [-0.4, -0.2) is 46.6 Å². The Morgan fingerprint density at radius 3 is 2.52 bits per heavy atom. The van der Waals surface area contributed by atoms with Crippen LogP contribution in [0.3, 0.4) is 0 Å². The van der Waals surface area contributed by atoms with Gasteiger partial charge in [0.2, 0.25) is 0 Å². The molecule has 40 heavy (non-hydrogen) atoms. The number of nitrogens with zero attached hydrogens (tertiary/aromatic N) is 2. The van der Waals surface area contributed by atoms with Gasteiger partial charge in [-0.05, 0) is 67.3 Å². The largest absolute Gasteiger partial charge is 0.493 e. The number of aromatic carboxylic acids is 1. The zero-order valence-corrected chi connectivity index (χ0v) is 22.2. The van der Waals surface area contributed by atoms with Gasteiger partial charge in [-0.1, -0.05) is 29.3 Å². The number of carboxylic acids is 1. The lowest BCUT2D eigenvalue weighted by atomic mass is 10.0. The summed E-state index contributed by atoms with van der Waals surface area (Å²) in [6.07, 6.45) is -3.30. The number of benzene rings is 3. The Balaban J connectivity index is 1.66. The highest BCUT2D eigenvalue weighted by atomic mass is 35.5. The second kappa shape index (κ2) is 11.1. The number of alkyl halides is 3. The molecule has 0 atom stereocenters. The van der Waals surface area contributed by atoms with E-state index in [-0.39, 0.29) is 40.1 Å². The maximum Gasteiger partial charge on any atom is 0.417 e. The van der Waals surface area contributed by atoms with Gasteiger partial charge in [-0.15, -0.1) is 0 Å². The summed E-state index contributed by atoms with van der Waals surface area (Å²) >= 11 is 12.4. The highest BCUT2D eigenvalue weighted by Crippen LogP contribution is 2.39. The van der Waals surface area contributed by atoms with Crippen LogP contribution in [-0.2, 0) is 10.9 Å². The van der Waals surface area contributed by atoms with Crippen molar-refractivity contribution in [1.82, 2.24) is 9.78 Å². The molecule has 1 aliphatic heterocycles. The molecule has 0 bridgehead atoms. The molecule has 0 saturated carbocycles. The SMILES string of the molecule is O=C(O)c1ccc(-c2nn(C(=O)c3c(Cl)cccc3C(F)(F)F)c3ccc(Cl)cc23)c(OCC2CCOCC2)c1. The van der Waals surface area contributed by atoms with Crippen molar-refractivity contribution in [3.05, 3.63) is 81.3 Å². The third-order valence-corrected chi connectivity index (χ3v) is 7.22. The summed E-state index contributed by atoms with van der Waals surface area (Å²) in [5, 5.41) is 14.2. The van der Waals surface area contributed by atoms with Crippen molar-refractivity contribution in [3.8, 4) is 17.0 Å². The Bertz CT molecular complexity index is 1610. The molecule has 0 amide bonds. The lowest BCUT2D eigenvalue weighted by Crippen LogP contribution is -2.21. The van der Waals surface area contributed by atoms with Crippen molar-refractivity contribution >= 4 is 46.0 Å². The third kappa shape index (κ3) is 5.52. The molecule has 0 spiro atoms. The van der Waals surface area contributed by atoms with Gasteiger partial charge in [0.1, 0.15) is 11.4 Å². The number of aromatic nitrogens is 2. The van der Waals surface area contributed by atoms with E-state index < -0.39 is 29.2 Å². The number of hydrogen-bond donors (Lipinski definition) is 1. The zero-order chi connectivity index (χ0) is 28.6. The molecule has 0 radical (unpaired) electrons. The Labute approximate surface area is 236 Å². The zero-order valence-electron chi connectivity index (χ0n) is 20.7. The Morgan fingerprint density at radius 2 is 1.82 bits per heavy atom. The molecule has 0 aliphatic carbocycles. The van der Waals surface area contributed by atoms with Crippen molar-refractivity contribution < 1.29 is 37.3 Å². The van der Waals surface area contributed by atoms with E-state index in [0.717, 1.165) is 29.7 Å². The smallest absolute Gasteiger partial charge is 0.417 e. The van der Waals surface area contributed by atoms with Crippen LogP contribution in [0.2, 0.25) is 10.0 Å². The van der Waals surface area contributed by atoms with Crippen LogP contribution >= 0.6 is 23.2 Å². The molecule has 1 N–H and O–H groups in total. The van der Waals surface area contributed by atoms with E-state index in [0.29, 0.717) is 29.2 Å². The van der Waals surface area contributed by atoms with Gasteiger partial charge in [0.25, 0.3) is 5.91 Å². The highest BCUT2D eigenvalue weighted by Gasteiger charge is 2.37. The molecule has 1 aromatic heterocycles. The normalized spacial score (nSPS) is 14.4. The first kappa shape index (κ1) is 27.9. The van der Waals surface area contributed by atoms with Crippen LogP contribution in [0.1, 0.15) is 39.1 Å². The average molecular weight is 593 g/mol. The fourth-order valence-corrected chi connectivity index (χ4v) is 5.05. The van der Waals surface area contributed by atoms with Crippen molar-refractivity contribution in [2.24, 2.45) is 5.92 Å². The summed E-state index contributed by atoms with van der Waals surface area (Å²) in [6, 6.07) is 11.7. The minimum absolute atomic E-state index is 0.0329. The number of fused-ring (bicyclic) bond motifs is 1. The molecule has 4 aromatic rings. The summed E-state index contributed by atoms with van der Waals surface area (Å²) in [6.45, 7) is 1.47. The molecule has 7 nitrogen and oxygen atoms in total. The molecule has 2 heterocycles. The predicted octanol–water partition coefficient (Wildman–Crippen LogP) is 7.22. The van der Waals surface area contributed by atoms with E-state index in [2.05, 4.69) is 5.10 Å². The quantitative estimate of drug-likeness (QED) is 0.254. The maximum absolute atomic E-state index is 13.8. The molecule has 1 aliphatic rings. The second-order valence-electron chi connectivity index (χ2n) is 9.27. The van der Waals surface area contributed by atoms with Gasteiger partial charge in [-0.3, -0.25) is 4.79 Å². The Kier molecular flexibility index (Phi) is 7.76. The first-order valence-electron chi connectivity index (χ1n) is 12.2. The van der Waals surface area contributed by atoms with Crippen molar-refractivity contribution in [2.75, 3.05) is 19.8 Å². The Morgan fingerprint density at radius 1 is 1.07 bits per heavy atom. The predicted molar refractivity (Wildman–Crippen MR) is 142 cm³/mol. The van der Waals surface area contributed by atoms with Crippen molar-refractivity contribution in [2.45, 2.75) is 19.0 Å². The van der Waals surface area contributed by atoms with Crippen LogP contribution in [0.15, 0.2) is 54.6 Å². The number of rotatable bonds is 6. The van der Waals surface area contributed by atoms with E-state index >= 15 is 0 Å². The molecule has 12 heteroatoms. The van der Waals surface area contributed by atoms with E-state index in [1.165, 1.54) is 42.5 Å². The number of carbonyl (C=O) groups excluding carboxylic acids is 1. The fraction of sp³-hybridized carbons (Fsp3) is 0.250. The van der Waals surface area contributed by atoms with Crippen molar-refractivity contribution in [3.63, 3.8) is 0 Å². The van der Waals surface area contributed by atoms with Gasteiger partial charge in [0.15, 0.2) is 0 Å². The molecular weight excluding hydrogens is 572 g/mol. The molecule has 208 valence electrons. The summed E-state index contributed by atoms with van der Waals surface area (Å²) in [5.74, 6) is -1.89. The lowest BCUT2D eigenvalue weighted by molar-refractivity contribution is -0.137. The first-order valence-corrected chi connectivity index (χ1v) is 13.0. The van der Waals surface area contributed by atoms with Crippen LogP contribution in [0, 0.1) is 5.92 Å². The molecule has 1 saturated heterocycles. The minimum Gasteiger partial charge on any atom is -0.493 e. The van der Waals surface area contributed by atoms with E-state index in [1.807, 2.05) is 0 Å². The third-order valence-electron chi connectivity index (χ3n) is 6.67. The van der Waals surface area contributed by atoms with Gasteiger partial charge in [0, 0.05) is 29.2 Å². The minimum atomic E-state index is -4.84. The number of carboxylic acid groups (broad SMARTS) is 1. The second-order valence-corrected chi connectivity index (χ2v) is 10.1. The van der Waals surface area contributed by atoms with E-state index in [1.54, 1.807) is 0 Å². The monoisotopic (exact) mass is 592 g/mol. The fourth-order valence-electron chi connectivity index (χ4n) is 4.62. The number of ether oxygens (including phenoxy) is 2. The molecule has 1 fully saturated rings. The average Bonchev–Trinajstić information content (AvgIpc) is 3.29. The van der Waals surface area contributed by atoms with Gasteiger partial charge in [-0.2, -0.15) is 23.0 Å². The Hall–Kier alpha value is -3.60. The molecule has 0 unspecified atom stereocenters. The van der Waals surface area contributed by atoms with Gasteiger partial charge >= 0.3 is 12.1 Å². The highest BCUT2D eigenvalue weighted by molar-refractivity contribution is 6.34. The summed E-state index contributed by atoms with van der Waals surface area (Å²) in [7, 11) is 0. The van der Waals surface area contributed by atoms with E-state index in [4.69, 9.17) is 32.7 Å². The van der Waals surface area contributed by atoms with Crippen LogP contribution in [0.4, 0.5) is 13.2 Å². The standard InChI is InChI=1S/C28H21Cl2F3N2O5/c29-17-5-7-22-19(13-17)25(34-35(22)26(36)24-20(28(31,32)33)2-1-3-21(24)30)18-6-4-16(27(37)38)12-23(18)40-14-15-8-10-39-11-9-15/h1-7,12-13,15H,8-11,14H2,(H,37,38). The first-order chi connectivity index (χ1) is 19.0. The summed E-state index contributed by atoms with van der Waals surface area (Å²) < 4.78 is 53.7. The van der Waals surface area contributed by atoms with Crippen molar-refractivity contribution in [1.29, 1.82) is 0 Å². The summed E-state index contributed by atoms with van der Waals surface area (Å²) in [5.41, 5.74) is -1.30. The maximum atomic E-state index is 13.8. The molecule has 5 rings (SSSR count). The van der Waals surface area contributed by atoms with Crippen LogP contribution < -0.4 is 4.74 Å². The molecular formula is C28H21Cl2F3N2O5. The lowest BCUT2D eigenvalue weighted by Gasteiger charge is -2.22. The van der Waals surface area contributed by atoms with Gasteiger partial charge in [0.05, 0.1) is 33.8 Å². The molecule has 3 aromatic carbocycles.